The molecule has 0 fully saturated rings. The third-order valence-electron chi connectivity index (χ3n) is 2.07. The van der Waals surface area contributed by atoms with E-state index in [1.165, 1.54) is 12.4 Å². The molecule has 0 unspecified atom stereocenters. The Hall–Kier alpha value is -1.70. The molecule has 0 spiro atoms. The summed E-state index contributed by atoms with van der Waals surface area (Å²) in [7, 11) is 0. The lowest BCUT2D eigenvalue weighted by Gasteiger charge is -2.10. The summed E-state index contributed by atoms with van der Waals surface area (Å²) in [4.78, 5) is 7.45. The van der Waals surface area contributed by atoms with Gasteiger partial charge < -0.3 is 4.74 Å². The summed E-state index contributed by atoms with van der Waals surface area (Å²) >= 11 is 3.06. The molecule has 0 aliphatic heterocycles. The summed E-state index contributed by atoms with van der Waals surface area (Å²) in [6.45, 7) is 0. The van der Waals surface area contributed by atoms with Crippen LogP contribution in [0.2, 0.25) is 0 Å². The monoisotopic (exact) mass is 336 g/mol. The van der Waals surface area contributed by atoms with Crippen LogP contribution in [0.3, 0.4) is 0 Å². The number of alkyl halides is 3. The molecule has 2 aromatic rings. The molecule has 0 bridgehead atoms. The molecule has 0 aliphatic carbocycles. The van der Waals surface area contributed by atoms with Gasteiger partial charge in [0.25, 0.3) is 0 Å². The van der Waals surface area contributed by atoms with Crippen LogP contribution in [-0.4, -0.2) is 9.97 Å². The lowest BCUT2D eigenvalue weighted by Crippen LogP contribution is -2.08. The smallest absolute Gasteiger partial charge is 0.419 e. The predicted octanol–water partition coefficient (Wildman–Crippen LogP) is 4.19. The van der Waals surface area contributed by atoms with E-state index < -0.39 is 17.6 Å². The summed E-state index contributed by atoms with van der Waals surface area (Å²) < 4.78 is 56.1. The van der Waals surface area contributed by atoms with E-state index in [9.17, 15) is 17.6 Å². The topological polar surface area (TPSA) is 35.0 Å². The highest BCUT2D eigenvalue weighted by Gasteiger charge is 2.34. The number of hydrogen-bond donors (Lipinski definition) is 0. The summed E-state index contributed by atoms with van der Waals surface area (Å²) in [6.07, 6.45) is -3.61. The second kappa shape index (κ2) is 5.12. The van der Waals surface area contributed by atoms with Crippen LogP contribution in [-0.2, 0) is 6.18 Å². The van der Waals surface area contributed by atoms with Gasteiger partial charge in [-0.25, -0.2) is 14.4 Å². The maximum Gasteiger partial charge on any atom is 0.419 e. The molecule has 0 N–H and O–H groups in total. The second-order valence-electron chi connectivity index (χ2n) is 3.42. The summed E-state index contributed by atoms with van der Waals surface area (Å²) in [5, 5.41) is 0. The predicted molar refractivity (Wildman–Crippen MR) is 61.2 cm³/mol. The number of nitrogens with zero attached hydrogens (tertiary/aromatic N) is 2. The minimum atomic E-state index is -4.78. The highest BCUT2D eigenvalue weighted by atomic mass is 79.9. The van der Waals surface area contributed by atoms with Gasteiger partial charge >= 0.3 is 6.18 Å². The van der Waals surface area contributed by atoms with Gasteiger partial charge in [0.15, 0.2) is 0 Å². The Morgan fingerprint density at radius 1 is 1.11 bits per heavy atom. The first-order chi connectivity index (χ1) is 8.86. The zero-order valence-electron chi connectivity index (χ0n) is 9.08. The van der Waals surface area contributed by atoms with Crippen molar-refractivity contribution in [2.24, 2.45) is 0 Å². The van der Waals surface area contributed by atoms with Gasteiger partial charge in [0.2, 0.25) is 5.88 Å². The quantitative estimate of drug-likeness (QED) is 0.609. The van der Waals surface area contributed by atoms with E-state index in [0.29, 0.717) is 16.7 Å². The van der Waals surface area contributed by atoms with Crippen LogP contribution in [0.4, 0.5) is 17.6 Å². The van der Waals surface area contributed by atoms with Gasteiger partial charge in [0.05, 0.1) is 5.56 Å². The fourth-order valence-corrected chi connectivity index (χ4v) is 1.57. The Labute approximate surface area is 113 Å². The summed E-state index contributed by atoms with van der Waals surface area (Å²) in [5.74, 6) is -1.48. The van der Waals surface area contributed by atoms with Crippen molar-refractivity contribution in [1.29, 1.82) is 0 Å². The molecule has 1 aromatic carbocycles. The molecule has 2 rings (SSSR count). The molecule has 1 aromatic heterocycles. The zero-order valence-corrected chi connectivity index (χ0v) is 10.7. The van der Waals surface area contributed by atoms with Crippen molar-refractivity contribution in [3.8, 4) is 11.6 Å². The van der Waals surface area contributed by atoms with Crippen LogP contribution in [0.1, 0.15) is 5.56 Å². The first-order valence-corrected chi connectivity index (χ1v) is 5.68. The average molecular weight is 337 g/mol. The zero-order chi connectivity index (χ0) is 14.0. The Morgan fingerprint density at radius 2 is 1.84 bits per heavy atom. The van der Waals surface area contributed by atoms with Crippen LogP contribution in [0.5, 0.6) is 11.6 Å². The molecule has 8 heteroatoms. The van der Waals surface area contributed by atoms with Gasteiger partial charge in [0.1, 0.15) is 22.5 Å². The second-order valence-corrected chi connectivity index (χ2v) is 4.23. The van der Waals surface area contributed by atoms with E-state index in [4.69, 9.17) is 4.74 Å². The summed E-state index contributed by atoms with van der Waals surface area (Å²) in [5.41, 5.74) is -1.39. The van der Waals surface area contributed by atoms with E-state index in [1.54, 1.807) is 0 Å². The highest BCUT2D eigenvalue weighted by Crippen LogP contribution is 2.34. The van der Waals surface area contributed by atoms with Crippen molar-refractivity contribution in [2.45, 2.75) is 6.18 Å². The Kier molecular flexibility index (Phi) is 3.70. The lowest BCUT2D eigenvalue weighted by atomic mass is 10.2. The number of hydrogen-bond acceptors (Lipinski definition) is 3. The minimum absolute atomic E-state index is 0.0432. The van der Waals surface area contributed by atoms with E-state index in [2.05, 4.69) is 25.9 Å². The fraction of sp³-hybridized carbons (Fsp3) is 0.0909. The van der Waals surface area contributed by atoms with Gasteiger partial charge in [-0.15, -0.1) is 0 Å². The molecular formula is C11H5BrF4N2O. The third kappa shape index (κ3) is 3.40. The van der Waals surface area contributed by atoms with E-state index in [1.807, 2.05) is 0 Å². The van der Waals surface area contributed by atoms with Crippen LogP contribution in [0.25, 0.3) is 0 Å². The van der Waals surface area contributed by atoms with Crippen molar-refractivity contribution < 1.29 is 22.3 Å². The molecule has 0 aliphatic rings. The van der Waals surface area contributed by atoms with Gasteiger partial charge in [-0.2, -0.15) is 13.2 Å². The van der Waals surface area contributed by atoms with Crippen molar-refractivity contribution in [2.75, 3.05) is 0 Å². The van der Waals surface area contributed by atoms with Crippen molar-refractivity contribution in [3.05, 3.63) is 46.6 Å². The lowest BCUT2D eigenvalue weighted by molar-refractivity contribution is -0.140. The van der Waals surface area contributed by atoms with E-state index in [-0.39, 0.29) is 11.6 Å². The largest absolute Gasteiger partial charge is 0.439 e. The van der Waals surface area contributed by atoms with Gasteiger partial charge in [0, 0.05) is 6.07 Å². The van der Waals surface area contributed by atoms with Crippen LogP contribution in [0.15, 0.2) is 35.2 Å². The molecule has 100 valence electrons. The van der Waals surface area contributed by atoms with E-state index in [0.717, 1.165) is 6.07 Å². The molecular weight excluding hydrogens is 332 g/mol. The molecule has 19 heavy (non-hydrogen) atoms. The first kappa shape index (κ1) is 13.7. The van der Waals surface area contributed by atoms with Crippen molar-refractivity contribution in [1.82, 2.24) is 9.97 Å². The standard InChI is InChI=1S/C11H5BrF4N2O/c12-9-4-10(18-5-17-9)19-6-1-2-8(13)7(3-6)11(14,15)16/h1-5H. The number of rotatable bonds is 2. The SMILES string of the molecule is Fc1ccc(Oc2cc(Br)ncn2)cc1C(F)(F)F. The minimum Gasteiger partial charge on any atom is -0.439 e. The van der Waals surface area contributed by atoms with Crippen LogP contribution < -0.4 is 4.74 Å². The van der Waals surface area contributed by atoms with E-state index >= 15 is 0 Å². The fourth-order valence-electron chi connectivity index (χ4n) is 1.28. The molecule has 0 saturated carbocycles. The molecule has 0 saturated heterocycles. The molecule has 1 heterocycles. The third-order valence-corrected chi connectivity index (χ3v) is 2.51. The Balaban J connectivity index is 2.32. The van der Waals surface area contributed by atoms with Crippen LogP contribution >= 0.6 is 15.9 Å². The average Bonchev–Trinajstić information content (AvgIpc) is 2.30. The first-order valence-electron chi connectivity index (χ1n) is 4.88. The number of benzene rings is 1. The maximum atomic E-state index is 13.1. The van der Waals surface area contributed by atoms with Gasteiger partial charge in [-0.1, -0.05) is 0 Å². The molecule has 0 atom stereocenters. The number of ether oxygens (including phenoxy) is 1. The molecule has 0 radical (unpaired) electrons. The molecule has 3 nitrogen and oxygen atoms in total. The summed E-state index contributed by atoms with van der Waals surface area (Å²) in [6, 6.07) is 3.72. The van der Waals surface area contributed by atoms with Crippen molar-refractivity contribution in [3.63, 3.8) is 0 Å². The van der Waals surface area contributed by atoms with Gasteiger partial charge in [-0.3, -0.25) is 0 Å². The number of halogens is 5. The van der Waals surface area contributed by atoms with Gasteiger partial charge in [-0.05, 0) is 34.1 Å². The molecule has 0 amide bonds. The normalized spacial score (nSPS) is 11.4. The Morgan fingerprint density at radius 3 is 2.47 bits per heavy atom. The van der Waals surface area contributed by atoms with Crippen LogP contribution in [0, 0.1) is 5.82 Å². The van der Waals surface area contributed by atoms with Crippen molar-refractivity contribution >= 4 is 15.9 Å². The maximum absolute atomic E-state index is 13.1. The number of aromatic nitrogens is 2. The Bertz CT molecular complexity index is 603. The highest BCUT2D eigenvalue weighted by molar-refractivity contribution is 9.10.